The van der Waals surface area contributed by atoms with Crippen LogP contribution in [-0.4, -0.2) is 44.6 Å². The third-order valence-corrected chi connectivity index (χ3v) is 7.67. The van der Waals surface area contributed by atoms with E-state index < -0.39 is 41.4 Å². The quantitative estimate of drug-likeness (QED) is 0.568. The summed E-state index contributed by atoms with van der Waals surface area (Å²) < 4.78 is 72.6. The number of alkyl halides is 6. The zero-order chi connectivity index (χ0) is 11.4. The van der Waals surface area contributed by atoms with E-state index in [9.17, 15) is 26.3 Å². The Labute approximate surface area is 90.2 Å². The van der Waals surface area contributed by atoms with Gasteiger partial charge in [0.2, 0.25) is 0 Å². The Morgan fingerprint density at radius 3 is 1.47 bits per heavy atom. The minimum Gasteiger partial charge on any atom is -0.412 e. The van der Waals surface area contributed by atoms with Gasteiger partial charge in [-0.2, -0.15) is 0 Å². The van der Waals surface area contributed by atoms with Gasteiger partial charge in [0.25, 0.3) is 0 Å². The molecule has 0 aromatic heterocycles. The second-order valence-electron chi connectivity index (χ2n) is 2.56. The van der Waals surface area contributed by atoms with Gasteiger partial charge in [0.15, 0.2) is 0 Å². The van der Waals surface area contributed by atoms with Crippen molar-refractivity contribution in [3.05, 3.63) is 0 Å². The van der Waals surface area contributed by atoms with Crippen LogP contribution in [0.15, 0.2) is 0 Å². The molecule has 0 amide bonds. The van der Waals surface area contributed by atoms with Crippen LogP contribution in [0.2, 0.25) is 8.87 Å². The molecule has 0 bridgehead atoms. The number of hydrogen-bond donors (Lipinski definition) is 0. The summed E-state index contributed by atoms with van der Waals surface area (Å²) in [6.07, 6.45) is -9.09. The first-order valence-corrected chi connectivity index (χ1v) is 8.95. The minimum absolute atomic E-state index is 0. The molecule has 2 N–H and O–H groups in total. The predicted octanol–water partition coefficient (Wildman–Crippen LogP) is 2.31. The maximum Gasteiger partial charge on any atom is -0.412 e. The molecule has 0 aliphatic rings. The first-order valence-electron chi connectivity index (χ1n) is 3.75. The molecule has 0 rings (SSSR count). The maximum absolute atomic E-state index is 11.8. The number of hydrogen-bond acceptors (Lipinski definition) is 1. The molecule has 93 valence electrons. The second-order valence-corrected chi connectivity index (χ2v) is 8.47. The SMILES string of the molecule is CC[O][Sn]([CH2]C(F)(F)F)[CH2]C(F)(F)F.O. The van der Waals surface area contributed by atoms with E-state index in [2.05, 4.69) is 3.07 Å². The van der Waals surface area contributed by atoms with Gasteiger partial charge in [-0.3, -0.25) is 0 Å². The monoisotopic (exact) mass is 349 g/mol. The molecule has 0 aromatic carbocycles. The van der Waals surface area contributed by atoms with E-state index in [0.29, 0.717) is 0 Å². The van der Waals surface area contributed by atoms with Gasteiger partial charge >= 0.3 is 84.3 Å². The van der Waals surface area contributed by atoms with E-state index in [1.54, 1.807) is 0 Å². The number of rotatable bonds is 4. The van der Waals surface area contributed by atoms with Gasteiger partial charge in [-0.15, -0.1) is 0 Å². The molecule has 2 nitrogen and oxygen atoms in total. The summed E-state index contributed by atoms with van der Waals surface area (Å²) in [5, 5.41) is 0. The standard InChI is InChI=1S/2C2H2F3.C2H5O.H2O.Sn/c2*1-2(3,4)5;1-2-3;;/h2*1H2;2H2,1H3;1H2;/q;;-1;;+1. The molecule has 9 heteroatoms. The van der Waals surface area contributed by atoms with E-state index in [-0.39, 0.29) is 12.1 Å². The van der Waals surface area contributed by atoms with Gasteiger partial charge in [0.1, 0.15) is 0 Å². The average Bonchev–Trinajstić information content (AvgIpc) is 1.78. The molecule has 0 fully saturated rings. The summed E-state index contributed by atoms with van der Waals surface area (Å²) in [6.45, 7) is 1.31. The third-order valence-electron chi connectivity index (χ3n) is 1.14. The van der Waals surface area contributed by atoms with Gasteiger partial charge in [-0.1, -0.05) is 0 Å². The van der Waals surface area contributed by atoms with E-state index in [4.69, 9.17) is 0 Å². The van der Waals surface area contributed by atoms with Gasteiger partial charge in [0.05, 0.1) is 0 Å². The van der Waals surface area contributed by atoms with Crippen LogP contribution < -0.4 is 0 Å². The fourth-order valence-electron chi connectivity index (χ4n) is 0.816. The molecule has 15 heavy (non-hydrogen) atoms. The first-order chi connectivity index (χ1) is 6.14. The summed E-state index contributed by atoms with van der Waals surface area (Å²) in [7, 11) is 0. The van der Waals surface area contributed by atoms with Crippen LogP contribution in [0.5, 0.6) is 0 Å². The Hall–Kier alpha value is 0.299. The molecule has 1 radical (unpaired) electrons. The van der Waals surface area contributed by atoms with Gasteiger partial charge in [-0.05, 0) is 0 Å². The molecule has 0 saturated carbocycles. The largest absolute Gasteiger partial charge is 0.412 e. The van der Waals surface area contributed by atoms with E-state index >= 15 is 0 Å². The van der Waals surface area contributed by atoms with E-state index in [0.717, 1.165) is 0 Å². The first kappa shape index (κ1) is 17.7. The van der Waals surface area contributed by atoms with Crippen LogP contribution in [0, 0.1) is 0 Å². The van der Waals surface area contributed by atoms with Crippen LogP contribution in [0.3, 0.4) is 0 Å². The zero-order valence-electron chi connectivity index (χ0n) is 7.80. The van der Waals surface area contributed by atoms with Crippen molar-refractivity contribution in [2.45, 2.75) is 28.1 Å². The molecule has 0 spiro atoms. The molecular formula is C6H11F6O2Sn. The van der Waals surface area contributed by atoms with Crippen molar-refractivity contribution >= 4 is 20.2 Å². The topological polar surface area (TPSA) is 40.7 Å². The smallest absolute Gasteiger partial charge is 0.412 e. The molecule has 0 heterocycles. The van der Waals surface area contributed by atoms with Crippen LogP contribution in [0.25, 0.3) is 0 Å². The Morgan fingerprint density at radius 1 is 0.933 bits per heavy atom. The summed E-state index contributed by atoms with van der Waals surface area (Å²) in [5.74, 6) is 0. The van der Waals surface area contributed by atoms with Crippen LogP contribution in [-0.2, 0) is 3.07 Å². The normalized spacial score (nSPS) is 12.8. The molecule has 0 aliphatic heterocycles. The molecule has 0 aromatic rings. The van der Waals surface area contributed by atoms with Crippen molar-refractivity contribution in [3.63, 3.8) is 0 Å². The fraction of sp³-hybridized carbons (Fsp3) is 1.00. The molecule has 0 unspecified atom stereocenters. The fourth-order valence-corrected chi connectivity index (χ4v) is 5.47. The Bertz CT molecular complexity index is 152. The van der Waals surface area contributed by atoms with Crippen molar-refractivity contribution in [2.75, 3.05) is 6.61 Å². The Balaban J connectivity index is 0. The van der Waals surface area contributed by atoms with Crippen molar-refractivity contribution in [3.8, 4) is 0 Å². The number of halogens is 6. The summed E-state index contributed by atoms with van der Waals surface area (Å²) >= 11 is -3.82. The molecule has 0 saturated heterocycles. The Morgan fingerprint density at radius 2 is 1.27 bits per heavy atom. The second kappa shape index (κ2) is 6.79. The third kappa shape index (κ3) is 12.2. The van der Waals surface area contributed by atoms with Crippen molar-refractivity contribution in [2.24, 2.45) is 0 Å². The van der Waals surface area contributed by atoms with Gasteiger partial charge < -0.3 is 5.48 Å². The predicted molar refractivity (Wildman–Crippen MR) is 42.7 cm³/mol. The summed E-state index contributed by atoms with van der Waals surface area (Å²) in [4.78, 5) is 0. The minimum atomic E-state index is -4.55. The zero-order valence-corrected chi connectivity index (χ0v) is 10.7. The van der Waals surface area contributed by atoms with Crippen molar-refractivity contribution in [1.82, 2.24) is 0 Å². The molecular weight excluding hydrogens is 337 g/mol. The van der Waals surface area contributed by atoms with Crippen LogP contribution in [0.4, 0.5) is 26.3 Å². The Kier molecular flexibility index (Phi) is 8.01. The van der Waals surface area contributed by atoms with E-state index in [1.165, 1.54) is 6.92 Å². The van der Waals surface area contributed by atoms with Crippen LogP contribution in [0.1, 0.15) is 6.92 Å². The van der Waals surface area contributed by atoms with Gasteiger partial charge in [0, 0.05) is 0 Å². The van der Waals surface area contributed by atoms with E-state index in [1.807, 2.05) is 0 Å². The summed E-state index contributed by atoms with van der Waals surface area (Å²) in [6, 6.07) is 0. The molecule has 0 aliphatic carbocycles. The summed E-state index contributed by atoms with van der Waals surface area (Å²) in [5.41, 5.74) is 0. The average molecular weight is 348 g/mol. The van der Waals surface area contributed by atoms with Crippen molar-refractivity contribution in [1.29, 1.82) is 0 Å². The van der Waals surface area contributed by atoms with Gasteiger partial charge in [-0.25, -0.2) is 0 Å². The van der Waals surface area contributed by atoms with Crippen LogP contribution >= 0.6 is 0 Å². The maximum atomic E-state index is 11.8. The van der Waals surface area contributed by atoms with Crippen molar-refractivity contribution < 1.29 is 34.9 Å². The molecule has 0 atom stereocenters.